The molecule has 144 valence electrons. The average Bonchev–Trinajstić information content (AvgIpc) is 3.28. The van der Waals surface area contributed by atoms with Gasteiger partial charge in [0.2, 0.25) is 0 Å². The molecule has 1 spiro atoms. The van der Waals surface area contributed by atoms with E-state index in [1.54, 1.807) is 24.5 Å². The Hall–Kier alpha value is -1.42. The Kier molecular flexibility index (Phi) is 8.08. The lowest BCUT2D eigenvalue weighted by Gasteiger charge is -2.25. The van der Waals surface area contributed by atoms with Gasteiger partial charge in [-0.1, -0.05) is 0 Å². The Bertz CT molecular complexity index is 605. The van der Waals surface area contributed by atoms with Crippen molar-refractivity contribution in [2.45, 2.75) is 19.8 Å². The molecule has 1 atom stereocenters. The van der Waals surface area contributed by atoms with Gasteiger partial charge in [0.15, 0.2) is 5.96 Å². The molecule has 2 aliphatic heterocycles. The molecule has 2 aliphatic rings. The number of carbonyl (C=O) groups is 1. The number of aromatic nitrogens is 1. The van der Waals surface area contributed by atoms with E-state index in [4.69, 9.17) is 4.74 Å². The third kappa shape index (κ3) is 5.29. The predicted molar refractivity (Wildman–Crippen MR) is 112 cm³/mol. The Morgan fingerprint density at radius 1 is 1.42 bits per heavy atom. The van der Waals surface area contributed by atoms with Gasteiger partial charge in [-0.25, -0.2) is 0 Å². The van der Waals surface area contributed by atoms with Gasteiger partial charge in [0.05, 0.1) is 18.7 Å². The normalized spacial score (nSPS) is 22.3. The first-order valence-corrected chi connectivity index (χ1v) is 9.02. The molecule has 7 nitrogen and oxygen atoms in total. The highest BCUT2D eigenvalue weighted by Gasteiger charge is 2.42. The summed E-state index contributed by atoms with van der Waals surface area (Å²) in [6.07, 6.45) is 5.53. The minimum absolute atomic E-state index is 0. The Labute approximate surface area is 172 Å². The fourth-order valence-electron chi connectivity index (χ4n) is 3.44. The molecule has 8 heteroatoms. The largest absolute Gasteiger partial charge is 0.381 e. The number of ether oxygens (including phenoxy) is 1. The van der Waals surface area contributed by atoms with Crippen LogP contribution in [0.15, 0.2) is 29.5 Å². The van der Waals surface area contributed by atoms with Crippen molar-refractivity contribution in [3.63, 3.8) is 0 Å². The number of nitrogens with one attached hydrogen (secondary N) is 2. The van der Waals surface area contributed by atoms with Crippen LogP contribution in [0.2, 0.25) is 0 Å². The Morgan fingerprint density at radius 3 is 3.00 bits per heavy atom. The molecule has 0 bridgehead atoms. The van der Waals surface area contributed by atoms with E-state index in [2.05, 4.69) is 32.4 Å². The van der Waals surface area contributed by atoms with Crippen molar-refractivity contribution in [3.8, 4) is 0 Å². The van der Waals surface area contributed by atoms with E-state index in [1.807, 2.05) is 0 Å². The highest BCUT2D eigenvalue weighted by molar-refractivity contribution is 14.0. The SMILES string of the molecule is CCNC(=NCCNC(=O)c1cccnc1)N1CCC2(CCOC2)C1.I. The quantitative estimate of drug-likeness (QED) is 0.294. The summed E-state index contributed by atoms with van der Waals surface area (Å²) in [5, 5.41) is 6.25. The summed E-state index contributed by atoms with van der Waals surface area (Å²) in [4.78, 5) is 23.0. The highest BCUT2D eigenvalue weighted by atomic mass is 127. The molecule has 3 rings (SSSR count). The number of aliphatic imine (C=N–C) groups is 1. The first-order chi connectivity index (χ1) is 12.2. The minimum atomic E-state index is -0.114. The lowest BCUT2D eigenvalue weighted by molar-refractivity contribution is 0.0954. The molecule has 3 heterocycles. The average molecular weight is 473 g/mol. The molecule has 0 aliphatic carbocycles. The maximum Gasteiger partial charge on any atom is 0.252 e. The van der Waals surface area contributed by atoms with Crippen LogP contribution in [0, 0.1) is 5.41 Å². The number of amides is 1. The van der Waals surface area contributed by atoms with Gasteiger partial charge in [-0.05, 0) is 31.9 Å². The highest BCUT2D eigenvalue weighted by Crippen LogP contribution is 2.38. The van der Waals surface area contributed by atoms with Gasteiger partial charge in [-0.3, -0.25) is 14.8 Å². The van der Waals surface area contributed by atoms with Gasteiger partial charge < -0.3 is 20.3 Å². The number of guanidine groups is 1. The Morgan fingerprint density at radius 2 is 2.31 bits per heavy atom. The molecule has 1 aromatic heterocycles. The van der Waals surface area contributed by atoms with Crippen LogP contribution in [0.5, 0.6) is 0 Å². The van der Waals surface area contributed by atoms with Gasteiger partial charge in [0.1, 0.15) is 0 Å². The van der Waals surface area contributed by atoms with Crippen LogP contribution < -0.4 is 10.6 Å². The van der Waals surface area contributed by atoms with Crippen molar-refractivity contribution >= 4 is 35.8 Å². The van der Waals surface area contributed by atoms with Gasteiger partial charge in [-0.15, -0.1) is 24.0 Å². The van der Waals surface area contributed by atoms with Crippen LogP contribution in [-0.4, -0.2) is 67.7 Å². The number of hydrogen-bond donors (Lipinski definition) is 2. The number of nitrogens with zero attached hydrogens (tertiary/aromatic N) is 3. The molecule has 0 saturated carbocycles. The van der Waals surface area contributed by atoms with E-state index in [0.717, 1.165) is 51.6 Å². The Balaban J connectivity index is 0.00000243. The smallest absolute Gasteiger partial charge is 0.252 e. The van der Waals surface area contributed by atoms with Crippen molar-refractivity contribution in [1.82, 2.24) is 20.5 Å². The summed E-state index contributed by atoms with van der Waals surface area (Å²) in [6, 6.07) is 3.51. The van der Waals surface area contributed by atoms with E-state index < -0.39 is 0 Å². The van der Waals surface area contributed by atoms with Gasteiger partial charge in [0.25, 0.3) is 5.91 Å². The van der Waals surface area contributed by atoms with Crippen molar-refractivity contribution in [2.24, 2.45) is 10.4 Å². The molecule has 1 amide bonds. The number of pyridine rings is 1. The number of carbonyl (C=O) groups excluding carboxylic acids is 1. The van der Waals surface area contributed by atoms with Crippen molar-refractivity contribution in [2.75, 3.05) is 45.9 Å². The second-order valence-corrected chi connectivity index (χ2v) is 6.71. The van der Waals surface area contributed by atoms with E-state index in [0.29, 0.717) is 24.1 Å². The number of rotatable bonds is 5. The molecule has 0 radical (unpaired) electrons. The fourth-order valence-corrected chi connectivity index (χ4v) is 3.44. The molecular weight excluding hydrogens is 445 g/mol. The second-order valence-electron chi connectivity index (χ2n) is 6.71. The third-order valence-electron chi connectivity index (χ3n) is 4.84. The number of likely N-dealkylation sites (tertiary alicyclic amines) is 1. The second kappa shape index (κ2) is 10.1. The van der Waals surface area contributed by atoms with E-state index >= 15 is 0 Å². The lowest BCUT2D eigenvalue weighted by Crippen LogP contribution is -2.42. The molecule has 1 aromatic rings. The molecule has 1 unspecified atom stereocenters. The van der Waals surface area contributed by atoms with Crippen LogP contribution in [0.25, 0.3) is 0 Å². The molecule has 0 aromatic carbocycles. The summed E-state index contributed by atoms with van der Waals surface area (Å²) in [7, 11) is 0. The molecule has 2 fully saturated rings. The zero-order valence-electron chi connectivity index (χ0n) is 15.2. The first kappa shape index (κ1) is 20.9. The zero-order valence-corrected chi connectivity index (χ0v) is 17.6. The molecular formula is C18H28IN5O2. The molecule has 2 saturated heterocycles. The summed E-state index contributed by atoms with van der Waals surface area (Å²) >= 11 is 0. The van der Waals surface area contributed by atoms with E-state index in [-0.39, 0.29) is 29.9 Å². The van der Waals surface area contributed by atoms with Crippen LogP contribution in [0.3, 0.4) is 0 Å². The van der Waals surface area contributed by atoms with Crippen molar-refractivity contribution in [1.29, 1.82) is 0 Å². The minimum Gasteiger partial charge on any atom is -0.381 e. The van der Waals surface area contributed by atoms with Crippen LogP contribution in [-0.2, 0) is 4.74 Å². The summed E-state index contributed by atoms with van der Waals surface area (Å²) in [5.74, 6) is 0.818. The van der Waals surface area contributed by atoms with Crippen molar-refractivity contribution < 1.29 is 9.53 Å². The zero-order chi connectivity index (χ0) is 17.5. The van der Waals surface area contributed by atoms with Crippen LogP contribution in [0.4, 0.5) is 0 Å². The monoisotopic (exact) mass is 473 g/mol. The van der Waals surface area contributed by atoms with E-state index in [9.17, 15) is 4.79 Å². The lowest BCUT2D eigenvalue weighted by atomic mass is 9.87. The van der Waals surface area contributed by atoms with Gasteiger partial charge in [-0.2, -0.15) is 0 Å². The standard InChI is InChI=1S/C18H27N5O2.HI/c1-2-20-17(23-10-5-18(13-23)6-11-25-14-18)22-9-8-21-16(24)15-4-3-7-19-12-15;/h3-4,7,12H,2,5-6,8-11,13-14H2,1H3,(H,20,22)(H,21,24);1H. The van der Waals surface area contributed by atoms with Gasteiger partial charge in [0, 0.05) is 50.6 Å². The van der Waals surface area contributed by atoms with Gasteiger partial charge >= 0.3 is 0 Å². The third-order valence-corrected chi connectivity index (χ3v) is 4.84. The van der Waals surface area contributed by atoms with Crippen LogP contribution >= 0.6 is 24.0 Å². The summed E-state index contributed by atoms with van der Waals surface area (Å²) in [6.45, 7) is 7.72. The van der Waals surface area contributed by atoms with Crippen molar-refractivity contribution in [3.05, 3.63) is 30.1 Å². The first-order valence-electron chi connectivity index (χ1n) is 9.02. The molecule has 26 heavy (non-hydrogen) atoms. The maximum atomic E-state index is 12.0. The fraction of sp³-hybridized carbons (Fsp3) is 0.611. The molecule has 2 N–H and O–H groups in total. The summed E-state index contributed by atoms with van der Waals surface area (Å²) in [5.41, 5.74) is 0.881. The number of halogens is 1. The summed E-state index contributed by atoms with van der Waals surface area (Å²) < 4.78 is 5.60. The topological polar surface area (TPSA) is 78.8 Å². The van der Waals surface area contributed by atoms with E-state index in [1.165, 1.54) is 0 Å². The number of hydrogen-bond acceptors (Lipinski definition) is 4. The maximum absolute atomic E-state index is 12.0. The predicted octanol–water partition coefficient (Wildman–Crippen LogP) is 1.51. The van der Waals surface area contributed by atoms with Crippen LogP contribution in [0.1, 0.15) is 30.1 Å².